The maximum Gasteiger partial charge on any atom is 0.407 e. The van der Waals surface area contributed by atoms with Gasteiger partial charge in [0.15, 0.2) is 0 Å². The number of amides is 2. The van der Waals surface area contributed by atoms with Crippen molar-refractivity contribution in [1.29, 1.82) is 0 Å². The van der Waals surface area contributed by atoms with E-state index in [9.17, 15) is 19.5 Å². The van der Waals surface area contributed by atoms with Crippen LogP contribution in [-0.4, -0.2) is 53.3 Å². The van der Waals surface area contributed by atoms with Crippen LogP contribution in [0.1, 0.15) is 55.6 Å². The number of ether oxygens (including phenoxy) is 1. The minimum Gasteiger partial charge on any atom is -0.481 e. The first kappa shape index (κ1) is 25.1. The Labute approximate surface area is 210 Å². The maximum atomic E-state index is 13.1. The number of fused-ring (bicyclic) bond motifs is 3. The summed E-state index contributed by atoms with van der Waals surface area (Å²) in [5.41, 5.74) is 3.79. The average molecular weight is 497 g/mol. The summed E-state index contributed by atoms with van der Waals surface area (Å²) < 4.78 is 5.63. The van der Waals surface area contributed by atoms with Gasteiger partial charge in [-0.15, -0.1) is 0 Å². The number of carbonyl (C=O) groups is 3. The van der Waals surface area contributed by atoms with Crippen LogP contribution in [0.2, 0.25) is 0 Å². The molecule has 7 nitrogen and oxygen atoms in total. The van der Waals surface area contributed by atoms with Crippen LogP contribution in [0.15, 0.2) is 48.5 Å². The Balaban J connectivity index is 1.41. The van der Waals surface area contributed by atoms with E-state index in [0.29, 0.717) is 25.0 Å². The molecule has 3 N–H and O–H groups in total. The van der Waals surface area contributed by atoms with Gasteiger partial charge in [0.05, 0.1) is 12.0 Å². The highest BCUT2D eigenvalue weighted by atomic mass is 32.2. The number of hydrogen-bond donors (Lipinski definition) is 3. The lowest BCUT2D eigenvalue weighted by Gasteiger charge is -2.31. The summed E-state index contributed by atoms with van der Waals surface area (Å²) in [7, 11) is 0. The number of rotatable bonds is 10. The number of carbonyl (C=O) groups excluding carboxylic acids is 2. The molecular weight excluding hydrogens is 464 g/mol. The van der Waals surface area contributed by atoms with Crippen LogP contribution in [0.4, 0.5) is 4.79 Å². The molecule has 0 spiro atoms. The van der Waals surface area contributed by atoms with Crippen molar-refractivity contribution in [3.05, 3.63) is 59.7 Å². The van der Waals surface area contributed by atoms with Gasteiger partial charge in [-0.3, -0.25) is 9.59 Å². The monoisotopic (exact) mass is 496 g/mol. The van der Waals surface area contributed by atoms with Gasteiger partial charge < -0.3 is 20.5 Å². The third kappa shape index (κ3) is 5.81. The molecule has 2 aromatic carbocycles. The summed E-state index contributed by atoms with van der Waals surface area (Å²) in [5.74, 6) is -0.676. The fourth-order valence-electron chi connectivity index (χ4n) is 5.32. The van der Waals surface area contributed by atoms with Crippen LogP contribution in [0.5, 0.6) is 0 Å². The summed E-state index contributed by atoms with van der Waals surface area (Å²) in [4.78, 5) is 37.3. The van der Waals surface area contributed by atoms with Crippen molar-refractivity contribution in [2.24, 2.45) is 0 Å². The molecule has 0 heterocycles. The highest BCUT2D eigenvalue weighted by Gasteiger charge is 2.39. The average Bonchev–Trinajstić information content (AvgIpc) is 3.42. The summed E-state index contributed by atoms with van der Waals surface area (Å²) in [6.45, 7) is 0.166. The first-order valence-corrected chi connectivity index (χ1v) is 13.5. The zero-order chi connectivity index (χ0) is 24.8. The van der Waals surface area contributed by atoms with Gasteiger partial charge in [0.25, 0.3) is 0 Å². The zero-order valence-corrected chi connectivity index (χ0v) is 20.7. The molecule has 8 heteroatoms. The molecule has 35 heavy (non-hydrogen) atoms. The molecule has 0 radical (unpaired) electrons. The molecule has 0 unspecified atom stereocenters. The standard InChI is InChI=1S/C27H32N2O5S/c1-35-15-12-23(25(32)29-27(16-24(30)31)13-6-7-14-27)28-26(33)34-17-22-20-10-4-2-8-18(20)19-9-3-5-11-21(19)22/h2-5,8-11,22-23H,6-7,12-17H2,1H3,(H,28,33)(H,29,32)(H,30,31)/t23-/m1/s1. The normalized spacial score (nSPS) is 16.7. The topological polar surface area (TPSA) is 105 Å². The van der Waals surface area contributed by atoms with E-state index in [1.165, 1.54) is 0 Å². The van der Waals surface area contributed by atoms with Gasteiger partial charge in [-0.2, -0.15) is 11.8 Å². The van der Waals surface area contributed by atoms with Crippen molar-refractivity contribution in [1.82, 2.24) is 10.6 Å². The van der Waals surface area contributed by atoms with E-state index in [2.05, 4.69) is 34.9 Å². The molecule has 1 saturated carbocycles. The number of carboxylic acid groups (broad SMARTS) is 1. The lowest BCUT2D eigenvalue weighted by atomic mass is 9.92. The quantitative estimate of drug-likeness (QED) is 0.446. The van der Waals surface area contributed by atoms with E-state index < -0.39 is 23.6 Å². The SMILES string of the molecule is CSCC[C@@H](NC(=O)OCC1c2ccccc2-c2ccccc21)C(=O)NC1(CC(=O)O)CCCC1. The molecular formula is C27H32N2O5S. The molecule has 1 atom stereocenters. The fraction of sp³-hybridized carbons (Fsp3) is 0.444. The predicted octanol–water partition coefficient (Wildman–Crippen LogP) is 4.55. The lowest BCUT2D eigenvalue weighted by Crippen LogP contribution is -2.55. The Morgan fingerprint density at radius 3 is 2.23 bits per heavy atom. The second kappa shape index (κ2) is 11.2. The lowest BCUT2D eigenvalue weighted by molar-refractivity contribution is -0.139. The summed E-state index contributed by atoms with van der Waals surface area (Å²) in [6.07, 6.45) is 4.62. The molecule has 0 aliphatic heterocycles. The van der Waals surface area contributed by atoms with E-state index in [4.69, 9.17) is 4.74 Å². The van der Waals surface area contributed by atoms with E-state index >= 15 is 0 Å². The van der Waals surface area contributed by atoms with Gasteiger partial charge >= 0.3 is 12.1 Å². The molecule has 2 aliphatic carbocycles. The van der Waals surface area contributed by atoms with Crippen molar-refractivity contribution in [3.8, 4) is 11.1 Å². The number of carboxylic acids is 1. The number of nitrogens with one attached hydrogen (secondary N) is 2. The van der Waals surface area contributed by atoms with E-state index in [0.717, 1.165) is 35.1 Å². The van der Waals surface area contributed by atoms with Gasteiger partial charge in [0.1, 0.15) is 12.6 Å². The molecule has 2 aliphatic rings. The van der Waals surface area contributed by atoms with E-state index in [-0.39, 0.29) is 24.9 Å². The van der Waals surface area contributed by atoms with Crippen LogP contribution in [-0.2, 0) is 14.3 Å². The fourth-order valence-corrected chi connectivity index (χ4v) is 5.79. The number of aliphatic carboxylic acids is 1. The second-order valence-corrected chi connectivity index (χ2v) is 10.3. The maximum absolute atomic E-state index is 13.1. The van der Waals surface area contributed by atoms with Gasteiger partial charge in [-0.05, 0) is 53.5 Å². The van der Waals surface area contributed by atoms with Crippen molar-refractivity contribution >= 4 is 29.7 Å². The Kier molecular flexibility index (Phi) is 8.00. The molecule has 0 aromatic heterocycles. The largest absolute Gasteiger partial charge is 0.481 e. The number of benzene rings is 2. The highest BCUT2D eigenvalue weighted by molar-refractivity contribution is 7.98. The number of thioether (sulfide) groups is 1. The number of hydrogen-bond acceptors (Lipinski definition) is 5. The van der Waals surface area contributed by atoms with Crippen molar-refractivity contribution in [2.45, 2.75) is 56.0 Å². The molecule has 1 fully saturated rings. The van der Waals surface area contributed by atoms with Crippen molar-refractivity contribution in [3.63, 3.8) is 0 Å². The first-order valence-electron chi connectivity index (χ1n) is 12.1. The molecule has 0 saturated heterocycles. The van der Waals surface area contributed by atoms with Crippen LogP contribution in [0.3, 0.4) is 0 Å². The van der Waals surface area contributed by atoms with Gasteiger partial charge in [-0.1, -0.05) is 61.4 Å². The molecule has 2 amide bonds. The van der Waals surface area contributed by atoms with Crippen LogP contribution < -0.4 is 10.6 Å². The molecule has 4 rings (SSSR count). The van der Waals surface area contributed by atoms with Gasteiger partial charge in [0, 0.05) is 5.92 Å². The Hall–Kier alpha value is -3.00. The third-order valence-electron chi connectivity index (χ3n) is 7.00. The third-order valence-corrected chi connectivity index (χ3v) is 7.65. The minimum absolute atomic E-state index is 0.0658. The molecule has 2 aromatic rings. The van der Waals surface area contributed by atoms with Crippen LogP contribution in [0.25, 0.3) is 11.1 Å². The van der Waals surface area contributed by atoms with E-state index in [1.807, 2.05) is 30.5 Å². The minimum atomic E-state index is -0.933. The smallest absolute Gasteiger partial charge is 0.407 e. The van der Waals surface area contributed by atoms with Crippen molar-refractivity contribution < 1.29 is 24.2 Å². The van der Waals surface area contributed by atoms with Crippen LogP contribution >= 0.6 is 11.8 Å². The summed E-state index contributed by atoms with van der Waals surface area (Å²) in [5, 5.41) is 15.0. The van der Waals surface area contributed by atoms with Crippen LogP contribution in [0, 0.1) is 0 Å². The predicted molar refractivity (Wildman–Crippen MR) is 137 cm³/mol. The molecule has 186 valence electrons. The first-order chi connectivity index (χ1) is 16.9. The Morgan fingerprint density at radius 2 is 1.66 bits per heavy atom. The van der Waals surface area contributed by atoms with Crippen molar-refractivity contribution in [2.75, 3.05) is 18.6 Å². The Bertz CT molecular complexity index is 1040. The summed E-state index contributed by atoms with van der Waals surface area (Å²) >= 11 is 1.58. The summed E-state index contributed by atoms with van der Waals surface area (Å²) in [6, 6.07) is 15.4. The molecule has 0 bridgehead atoms. The van der Waals surface area contributed by atoms with Gasteiger partial charge in [0.2, 0.25) is 5.91 Å². The highest BCUT2D eigenvalue weighted by Crippen LogP contribution is 2.44. The van der Waals surface area contributed by atoms with E-state index in [1.54, 1.807) is 11.8 Å². The second-order valence-electron chi connectivity index (χ2n) is 9.35. The Morgan fingerprint density at radius 1 is 1.06 bits per heavy atom. The van der Waals surface area contributed by atoms with Gasteiger partial charge in [-0.25, -0.2) is 4.79 Å². The zero-order valence-electron chi connectivity index (χ0n) is 19.9. The number of alkyl carbamates (subject to hydrolysis) is 1.